The molecule has 0 atom stereocenters. The van der Waals surface area contributed by atoms with E-state index in [1.54, 1.807) is 18.2 Å². The van der Waals surface area contributed by atoms with Gasteiger partial charge < -0.3 is 19.9 Å². The quantitative estimate of drug-likeness (QED) is 0.286. The smallest absolute Gasteiger partial charge is 0.294 e. The summed E-state index contributed by atoms with van der Waals surface area (Å²) in [6.07, 6.45) is 1.43. The summed E-state index contributed by atoms with van der Waals surface area (Å²) in [5.74, 6) is 0.872. The van der Waals surface area contributed by atoms with Gasteiger partial charge in [-0.3, -0.25) is 4.79 Å². The highest BCUT2D eigenvalue weighted by Crippen LogP contribution is 2.37. The zero-order chi connectivity index (χ0) is 23.4. The van der Waals surface area contributed by atoms with Crippen molar-refractivity contribution in [2.24, 2.45) is 5.10 Å². The number of hydrogen-bond donors (Lipinski definition) is 2. The van der Waals surface area contributed by atoms with Crippen molar-refractivity contribution in [1.29, 1.82) is 0 Å². The number of carbonyl (C=O) groups is 1. The van der Waals surface area contributed by atoms with Crippen molar-refractivity contribution in [2.75, 3.05) is 27.1 Å². The Hall–Kier alpha value is -4.46. The van der Waals surface area contributed by atoms with Crippen LogP contribution in [-0.2, 0) is 0 Å². The predicted octanol–water partition coefficient (Wildman–Crippen LogP) is 1.75. The molecule has 0 aliphatic carbocycles. The number of methoxy groups -OCH3 is 3. The lowest BCUT2D eigenvalue weighted by Crippen LogP contribution is -2.19. The molecule has 0 aliphatic rings. The van der Waals surface area contributed by atoms with E-state index in [-0.39, 0.29) is 17.3 Å². The van der Waals surface area contributed by atoms with Gasteiger partial charge in [0.05, 0.1) is 32.4 Å². The fourth-order valence-electron chi connectivity index (χ4n) is 2.95. The third kappa shape index (κ3) is 4.18. The largest absolute Gasteiger partial charge is 0.493 e. The van der Waals surface area contributed by atoms with Crippen molar-refractivity contribution >= 4 is 29.3 Å². The summed E-state index contributed by atoms with van der Waals surface area (Å²) in [6, 6.07) is 7.00. The maximum Gasteiger partial charge on any atom is 0.294 e. The van der Waals surface area contributed by atoms with Crippen LogP contribution in [0, 0.1) is 0 Å². The van der Waals surface area contributed by atoms with Gasteiger partial charge in [0.1, 0.15) is 5.69 Å². The number of nitrogens with zero attached hydrogens (tertiary/aromatic N) is 6. The molecule has 3 aromatic heterocycles. The van der Waals surface area contributed by atoms with Crippen molar-refractivity contribution in [3.8, 4) is 33.6 Å². The summed E-state index contributed by atoms with van der Waals surface area (Å²) in [4.78, 5) is 13.6. The van der Waals surface area contributed by atoms with Crippen LogP contribution in [0.2, 0.25) is 0 Å². The monoisotopic (exact) mass is 470 g/mol. The minimum atomic E-state index is -0.594. The van der Waals surface area contributed by atoms with E-state index in [0.717, 1.165) is 0 Å². The number of nitrogen functional groups attached to an aromatic ring is 1. The normalized spacial score (nSPS) is 11.0. The number of hydrazone groups is 1. The molecule has 4 aromatic rings. The number of hydrogen-bond acceptors (Lipinski definition) is 12. The van der Waals surface area contributed by atoms with Gasteiger partial charge in [0, 0.05) is 5.56 Å². The number of thiophene rings is 1. The molecular formula is C19H18N8O5S. The fourth-order valence-corrected chi connectivity index (χ4v) is 3.71. The van der Waals surface area contributed by atoms with E-state index < -0.39 is 5.91 Å². The molecule has 0 radical (unpaired) electrons. The van der Waals surface area contributed by atoms with Gasteiger partial charge in [0.2, 0.25) is 17.4 Å². The highest BCUT2D eigenvalue weighted by molar-refractivity contribution is 7.13. The van der Waals surface area contributed by atoms with Crippen molar-refractivity contribution in [3.63, 3.8) is 0 Å². The summed E-state index contributed by atoms with van der Waals surface area (Å²) in [7, 11) is 4.52. The zero-order valence-electron chi connectivity index (χ0n) is 17.7. The number of ether oxygens (including phenoxy) is 3. The molecule has 33 heavy (non-hydrogen) atoms. The van der Waals surface area contributed by atoms with Crippen molar-refractivity contribution in [2.45, 2.75) is 0 Å². The minimum absolute atomic E-state index is 0.00471. The number of anilines is 1. The van der Waals surface area contributed by atoms with Crippen LogP contribution >= 0.6 is 11.3 Å². The van der Waals surface area contributed by atoms with E-state index in [1.165, 1.54) is 43.6 Å². The highest BCUT2D eigenvalue weighted by atomic mass is 32.1. The summed E-state index contributed by atoms with van der Waals surface area (Å²) >= 11 is 1.38. The highest BCUT2D eigenvalue weighted by Gasteiger charge is 2.25. The SMILES string of the molecule is COc1cc(/C=N\NC(=O)c2nnn(-c3nonc3N)c2-c2cccs2)cc(OC)c1OC. The van der Waals surface area contributed by atoms with Crippen LogP contribution in [0.5, 0.6) is 17.2 Å². The molecule has 3 heterocycles. The van der Waals surface area contributed by atoms with E-state index in [2.05, 4.69) is 35.8 Å². The molecule has 170 valence electrons. The van der Waals surface area contributed by atoms with Crippen molar-refractivity contribution in [3.05, 3.63) is 40.9 Å². The topological polar surface area (TPSA) is 165 Å². The first kappa shape index (κ1) is 21.8. The van der Waals surface area contributed by atoms with Crippen LogP contribution in [0.1, 0.15) is 16.1 Å². The van der Waals surface area contributed by atoms with E-state index in [0.29, 0.717) is 33.4 Å². The molecule has 3 N–H and O–H groups in total. The number of amides is 1. The van der Waals surface area contributed by atoms with Gasteiger partial charge in [0.25, 0.3) is 5.91 Å². The Balaban J connectivity index is 1.62. The van der Waals surface area contributed by atoms with E-state index in [4.69, 9.17) is 19.9 Å². The van der Waals surface area contributed by atoms with Crippen molar-refractivity contribution < 1.29 is 23.6 Å². The Kier molecular flexibility index (Phi) is 6.17. The number of aromatic nitrogens is 5. The number of rotatable bonds is 8. The van der Waals surface area contributed by atoms with Gasteiger partial charge in [-0.1, -0.05) is 11.3 Å². The lowest BCUT2D eigenvalue weighted by molar-refractivity contribution is 0.0951. The van der Waals surface area contributed by atoms with Crippen LogP contribution in [0.15, 0.2) is 39.4 Å². The maximum atomic E-state index is 12.9. The number of nitrogens with two attached hydrogens (primary N) is 1. The molecule has 14 heteroatoms. The minimum Gasteiger partial charge on any atom is -0.493 e. The molecular weight excluding hydrogens is 452 g/mol. The van der Waals surface area contributed by atoms with E-state index in [9.17, 15) is 4.79 Å². The summed E-state index contributed by atoms with van der Waals surface area (Å²) in [5, 5.41) is 21.1. The molecule has 13 nitrogen and oxygen atoms in total. The zero-order valence-corrected chi connectivity index (χ0v) is 18.5. The first-order valence-electron chi connectivity index (χ1n) is 9.28. The molecule has 1 amide bonds. The third-order valence-electron chi connectivity index (χ3n) is 4.40. The molecule has 4 rings (SSSR count). The molecule has 0 unspecified atom stereocenters. The van der Waals surface area contributed by atoms with Gasteiger partial charge in [-0.25, -0.2) is 10.1 Å². The number of nitrogens with one attached hydrogen (secondary N) is 1. The molecule has 1 aromatic carbocycles. The fraction of sp³-hybridized carbons (Fsp3) is 0.158. The van der Waals surface area contributed by atoms with Gasteiger partial charge in [0.15, 0.2) is 17.2 Å². The Morgan fingerprint density at radius 3 is 2.55 bits per heavy atom. The second-order valence-corrected chi connectivity index (χ2v) is 7.25. The van der Waals surface area contributed by atoms with Crippen LogP contribution in [-0.4, -0.2) is 58.8 Å². The first-order chi connectivity index (χ1) is 16.1. The van der Waals surface area contributed by atoms with Crippen LogP contribution in [0.4, 0.5) is 5.82 Å². The molecule has 0 saturated carbocycles. The van der Waals surface area contributed by atoms with Crippen molar-refractivity contribution in [1.82, 2.24) is 30.7 Å². The van der Waals surface area contributed by atoms with E-state index >= 15 is 0 Å². The first-order valence-corrected chi connectivity index (χ1v) is 10.2. The number of carbonyl (C=O) groups excluding carboxylic acids is 1. The van der Waals surface area contributed by atoms with Crippen LogP contribution in [0.25, 0.3) is 16.4 Å². The van der Waals surface area contributed by atoms with Crippen LogP contribution < -0.4 is 25.4 Å². The average molecular weight is 470 g/mol. The molecule has 0 bridgehead atoms. The number of benzene rings is 1. The predicted molar refractivity (Wildman–Crippen MR) is 118 cm³/mol. The van der Waals surface area contributed by atoms with Gasteiger partial charge in [-0.15, -0.1) is 16.4 Å². The lowest BCUT2D eigenvalue weighted by Gasteiger charge is -2.12. The lowest BCUT2D eigenvalue weighted by atomic mass is 10.2. The molecule has 0 spiro atoms. The molecule has 0 aliphatic heterocycles. The summed E-state index contributed by atoms with van der Waals surface area (Å²) < 4.78 is 21.9. The molecule has 0 fully saturated rings. The second kappa shape index (κ2) is 9.35. The Labute approximate surface area is 190 Å². The standard InChI is InChI=1S/C19H18N8O5S/c1-29-11-7-10(8-12(30-2)16(11)31-3)9-21-23-19(28)14-15(13-5-4-6-33-13)27(26-22-14)18-17(20)24-32-25-18/h4-9H,1-3H3,(H2,20,24)(H,23,28)/b21-9-. The molecule has 0 saturated heterocycles. The maximum absolute atomic E-state index is 12.9. The Morgan fingerprint density at radius 2 is 1.97 bits per heavy atom. The summed E-state index contributed by atoms with van der Waals surface area (Å²) in [5.41, 5.74) is 9.22. The third-order valence-corrected chi connectivity index (χ3v) is 5.28. The van der Waals surface area contributed by atoms with Gasteiger partial charge in [-0.2, -0.15) is 9.78 Å². The summed E-state index contributed by atoms with van der Waals surface area (Å²) in [6.45, 7) is 0. The second-order valence-electron chi connectivity index (χ2n) is 6.31. The Bertz CT molecular complexity index is 1270. The van der Waals surface area contributed by atoms with Crippen LogP contribution in [0.3, 0.4) is 0 Å². The van der Waals surface area contributed by atoms with Gasteiger partial charge >= 0.3 is 0 Å². The van der Waals surface area contributed by atoms with Gasteiger partial charge in [-0.05, 0) is 33.9 Å². The average Bonchev–Trinajstić information content (AvgIpc) is 3.58. The Morgan fingerprint density at radius 1 is 1.21 bits per heavy atom. The van der Waals surface area contributed by atoms with E-state index in [1.807, 2.05) is 11.4 Å².